The molecule has 0 N–H and O–H groups in total. The lowest BCUT2D eigenvalue weighted by Crippen LogP contribution is -2.10. The predicted molar refractivity (Wildman–Crippen MR) is 247 cm³/mol. The molecule has 328 valence electrons. The van der Waals surface area contributed by atoms with Gasteiger partial charge in [0.25, 0.3) is 0 Å². The Bertz CT molecular complexity index is 2120. The minimum absolute atomic E-state index is 0.153. The number of azo groups is 1. The van der Waals surface area contributed by atoms with Crippen molar-refractivity contribution in [2.24, 2.45) is 10.2 Å². The molecular weight excluding hydrogens is 800 g/mol. The first kappa shape index (κ1) is 47.4. The van der Waals surface area contributed by atoms with E-state index in [0.29, 0.717) is 52.2 Å². The van der Waals surface area contributed by atoms with Gasteiger partial charge >= 0.3 is 11.9 Å². The van der Waals surface area contributed by atoms with Crippen LogP contribution in [0.1, 0.15) is 136 Å². The van der Waals surface area contributed by atoms with Gasteiger partial charge in [-0.3, -0.25) is 0 Å². The van der Waals surface area contributed by atoms with E-state index in [9.17, 15) is 9.59 Å². The molecule has 0 bridgehead atoms. The molecule has 0 heterocycles. The lowest BCUT2D eigenvalue weighted by atomic mass is 10.1. The van der Waals surface area contributed by atoms with E-state index in [2.05, 4.69) is 24.1 Å². The number of nitrogens with zero attached hydrogens (tertiary/aromatic N) is 2. The van der Waals surface area contributed by atoms with Crippen molar-refractivity contribution in [1.82, 2.24) is 0 Å². The Morgan fingerprint density at radius 2 is 1.03 bits per heavy atom. The second kappa shape index (κ2) is 26.6. The van der Waals surface area contributed by atoms with Crippen LogP contribution in [0.25, 0.3) is 0 Å². The van der Waals surface area contributed by atoms with Crippen LogP contribution in [0.3, 0.4) is 0 Å². The van der Waals surface area contributed by atoms with Gasteiger partial charge in [-0.25, -0.2) is 9.59 Å². The molecule has 0 spiro atoms. The third kappa shape index (κ3) is 16.3. The summed E-state index contributed by atoms with van der Waals surface area (Å²) in [6.07, 6.45) is 16.7. The maximum atomic E-state index is 13.4. The summed E-state index contributed by atoms with van der Waals surface area (Å²) in [4.78, 5) is 26.0. The van der Waals surface area contributed by atoms with Crippen molar-refractivity contribution >= 4 is 34.9 Å². The van der Waals surface area contributed by atoms with Gasteiger partial charge in [0, 0.05) is 5.02 Å². The molecule has 0 radical (unpaired) electrons. The van der Waals surface area contributed by atoms with Gasteiger partial charge in [-0.1, -0.05) is 132 Å². The molecule has 0 fully saturated rings. The Balaban J connectivity index is 1.29. The van der Waals surface area contributed by atoms with Crippen LogP contribution in [-0.4, -0.2) is 25.2 Å². The number of hydrogen-bond acceptors (Lipinski definition) is 9. The zero-order valence-electron chi connectivity index (χ0n) is 36.5. The first-order chi connectivity index (χ1) is 30.3. The van der Waals surface area contributed by atoms with Crippen LogP contribution < -0.4 is 23.7 Å². The monoisotopic (exact) mass is 860 g/mol. The summed E-state index contributed by atoms with van der Waals surface area (Å²) in [6, 6.07) is 31.5. The van der Waals surface area contributed by atoms with E-state index in [1.165, 1.54) is 57.8 Å². The van der Waals surface area contributed by atoms with E-state index < -0.39 is 11.9 Å². The fraction of sp³-hybridized carbons (Fsp3) is 0.385. The Kier molecular flexibility index (Phi) is 20.3. The predicted octanol–water partition coefficient (Wildman–Crippen LogP) is 15.3. The minimum Gasteiger partial charge on any atom is -0.494 e. The highest BCUT2D eigenvalue weighted by atomic mass is 35.5. The minimum atomic E-state index is -0.582. The third-order valence-electron chi connectivity index (χ3n) is 10.3. The van der Waals surface area contributed by atoms with Gasteiger partial charge in [0.1, 0.15) is 23.8 Å². The van der Waals surface area contributed by atoms with Crippen LogP contribution in [0.4, 0.5) is 11.4 Å². The zero-order valence-corrected chi connectivity index (χ0v) is 37.3. The molecule has 5 rings (SSSR count). The second-order valence-electron chi connectivity index (χ2n) is 15.5. The van der Waals surface area contributed by atoms with Crippen molar-refractivity contribution < 1.29 is 33.3 Å². The van der Waals surface area contributed by atoms with E-state index >= 15 is 0 Å². The highest BCUT2D eigenvalue weighted by Gasteiger charge is 2.22. The van der Waals surface area contributed by atoms with Gasteiger partial charge in [0.15, 0.2) is 11.5 Å². The van der Waals surface area contributed by atoms with Gasteiger partial charge in [-0.05, 0) is 110 Å². The number of esters is 2. The average molecular weight is 862 g/mol. The first-order valence-electron chi connectivity index (χ1n) is 22.3. The number of carbonyl (C=O) groups excluding carboxylic acids is 2. The topological polar surface area (TPSA) is 105 Å². The van der Waals surface area contributed by atoms with Crippen LogP contribution in [0.15, 0.2) is 119 Å². The number of hydrogen-bond donors (Lipinski definition) is 0. The molecule has 0 saturated carbocycles. The van der Waals surface area contributed by atoms with Crippen LogP contribution in [0.5, 0.6) is 28.7 Å². The van der Waals surface area contributed by atoms with Crippen molar-refractivity contribution in [3.63, 3.8) is 0 Å². The fourth-order valence-corrected chi connectivity index (χ4v) is 6.71. The summed E-state index contributed by atoms with van der Waals surface area (Å²) in [5.74, 6) is 0.838. The molecule has 5 aromatic rings. The lowest BCUT2D eigenvalue weighted by Gasteiger charge is -2.18. The highest BCUT2D eigenvalue weighted by molar-refractivity contribution is 6.30. The van der Waals surface area contributed by atoms with E-state index in [0.717, 1.165) is 49.0 Å². The van der Waals surface area contributed by atoms with Gasteiger partial charge in [-0.15, -0.1) is 5.11 Å². The van der Waals surface area contributed by atoms with Gasteiger partial charge in [0.05, 0.1) is 30.0 Å². The second-order valence-corrected chi connectivity index (χ2v) is 15.9. The Morgan fingerprint density at radius 1 is 0.500 bits per heavy atom. The Labute approximate surface area is 372 Å². The molecule has 10 heteroatoms. The van der Waals surface area contributed by atoms with E-state index in [-0.39, 0.29) is 18.1 Å². The number of halogens is 1. The maximum absolute atomic E-state index is 13.4. The van der Waals surface area contributed by atoms with E-state index in [4.69, 9.17) is 35.3 Å². The molecular formula is C52H61ClN2O7. The molecule has 0 aliphatic carbocycles. The molecule has 0 saturated heterocycles. The highest BCUT2D eigenvalue weighted by Crippen LogP contribution is 2.46. The van der Waals surface area contributed by atoms with Crippen LogP contribution in [-0.2, 0) is 6.61 Å². The van der Waals surface area contributed by atoms with Gasteiger partial charge in [-0.2, -0.15) is 5.11 Å². The number of benzene rings is 5. The summed E-state index contributed by atoms with van der Waals surface area (Å²) in [5, 5.41) is 9.54. The van der Waals surface area contributed by atoms with E-state index in [1.54, 1.807) is 72.8 Å². The lowest BCUT2D eigenvalue weighted by molar-refractivity contribution is 0.0720. The zero-order chi connectivity index (χ0) is 43.8. The standard InChI is InChI=1S/C52H61ClN2O7/c1-4-6-8-10-11-12-13-14-15-17-36-58-45-30-20-40(21-31-45)38-60-50-48(62-52(57)42-24-26-43(53)27-25-42)35-34-47(49(50)59-37-16-9-7-5-2)55-54-44-28-32-46(33-29-44)61-51(56)41-22-18-39(3)19-23-41/h18-35H,4-17,36-38H2,1-3H3. The van der Waals surface area contributed by atoms with Crippen molar-refractivity contribution in [3.05, 3.63) is 136 Å². The van der Waals surface area contributed by atoms with Gasteiger partial charge in [0.2, 0.25) is 5.75 Å². The largest absolute Gasteiger partial charge is 0.494 e. The number of unbranched alkanes of at least 4 members (excludes halogenated alkanes) is 12. The molecule has 5 aromatic carbocycles. The van der Waals surface area contributed by atoms with Crippen molar-refractivity contribution in [2.45, 2.75) is 117 Å². The molecule has 9 nitrogen and oxygen atoms in total. The third-order valence-corrected chi connectivity index (χ3v) is 10.5. The number of ether oxygens (including phenoxy) is 5. The summed E-state index contributed by atoms with van der Waals surface area (Å²) in [6.45, 7) is 7.59. The van der Waals surface area contributed by atoms with Crippen LogP contribution >= 0.6 is 11.6 Å². The number of rotatable bonds is 27. The quantitative estimate of drug-likeness (QED) is 0.0224. The van der Waals surface area contributed by atoms with Crippen molar-refractivity contribution in [1.29, 1.82) is 0 Å². The van der Waals surface area contributed by atoms with Gasteiger partial charge < -0.3 is 23.7 Å². The molecule has 0 unspecified atom stereocenters. The smallest absolute Gasteiger partial charge is 0.343 e. The molecule has 62 heavy (non-hydrogen) atoms. The van der Waals surface area contributed by atoms with Crippen LogP contribution in [0.2, 0.25) is 5.02 Å². The van der Waals surface area contributed by atoms with Crippen LogP contribution in [0, 0.1) is 6.92 Å². The Hall–Kier alpha value is -5.67. The SMILES string of the molecule is CCCCCCCCCCCCOc1ccc(COc2c(OC(=O)c3ccc(Cl)cc3)ccc(N=Nc3ccc(OC(=O)c4ccc(C)cc4)cc3)c2OCCCCCC)cc1. The normalized spacial score (nSPS) is 11.1. The van der Waals surface area contributed by atoms with Crippen molar-refractivity contribution in [2.75, 3.05) is 13.2 Å². The molecule has 0 aromatic heterocycles. The Morgan fingerprint density at radius 3 is 1.66 bits per heavy atom. The van der Waals surface area contributed by atoms with E-state index in [1.807, 2.05) is 43.3 Å². The fourth-order valence-electron chi connectivity index (χ4n) is 6.58. The summed E-state index contributed by atoms with van der Waals surface area (Å²) in [7, 11) is 0. The molecule has 0 aliphatic heterocycles. The summed E-state index contributed by atoms with van der Waals surface area (Å²) < 4.78 is 30.4. The number of carbonyl (C=O) groups is 2. The molecule has 0 aliphatic rings. The summed E-state index contributed by atoms with van der Waals surface area (Å²) in [5.41, 5.74) is 3.63. The maximum Gasteiger partial charge on any atom is 0.343 e. The average Bonchev–Trinajstić information content (AvgIpc) is 3.28. The first-order valence-corrected chi connectivity index (χ1v) is 22.6. The molecule has 0 atom stereocenters. The molecule has 0 amide bonds. The summed E-state index contributed by atoms with van der Waals surface area (Å²) >= 11 is 6.09. The number of aryl methyl sites for hydroxylation is 1. The van der Waals surface area contributed by atoms with Crippen molar-refractivity contribution in [3.8, 4) is 28.7 Å².